The molecule has 0 amide bonds. The van der Waals surface area contributed by atoms with E-state index in [1.165, 1.54) is 0 Å². The maximum absolute atomic E-state index is 11.0. The lowest BCUT2D eigenvalue weighted by Crippen LogP contribution is -2.21. The minimum atomic E-state index is -0.780. The summed E-state index contributed by atoms with van der Waals surface area (Å²) in [7, 11) is 0. The fourth-order valence-electron chi connectivity index (χ4n) is 1.95. The molecule has 0 radical (unpaired) electrons. The van der Waals surface area contributed by atoms with Gasteiger partial charge in [0, 0.05) is 31.4 Å². The van der Waals surface area contributed by atoms with Crippen LogP contribution in [0.5, 0.6) is 0 Å². The Hall–Kier alpha value is -1.13. The smallest absolute Gasteiger partial charge is 0.308 e. The van der Waals surface area contributed by atoms with Crippen molar-refractivity contribution >= 4 is 17.6 Å². The van der Waals surface area contributed by atoms with Crippen LogP contribution in [0.3, 0.4) is 0 Å². The zero-order valence-electron chi connectivity index (χ0n) is 7.98. The Morgan fingerprint density at radius 2 is 2.40 bits per heavy atom. The van der Waals surface area contributed by atoms with Crippen LogP contribution in [0.4, 0.5) is 0 Å². The molecule has 0 bridgehead atoms. The summed E-state index contributed by atoms with van der Waals surface area (Å²) in [4.78, 5) is 14.9. The molecule has 1 aliphatic heterocycles. The molecule has 4 nitrogen and oxygen atoms in total. The average Bonchev–Trinajstić information content (AvgIpc) is 2.67. The van der Waals surface area contributed by atoms with E-state index in [9.17, 15) is 4.79 Å². The van der Waals surface area contributed by atoms with Gasteiger partial charge in [0.25, 0.3) is 0 Å². The van der Waals surface area contributed by atoms with E-state index in [4.69, 9.17) is 16.7 Å². The second-order valence-electron chi connectivity index (χ2n) is 3.61. The number of aromatic nitrogens is 1. The van der Waals surface area contributed by atoms with Gasteiger partial charge in [0.1, 0.15) is 0 Å². The first-order valence-electron chi connectivity index (χ1n) is 4.73. The molecule has 2 atom stereocenters. The highest BCUT2D eigenvalue weighted by Crippen LogP contribution is 2.32. The molecule has 0 aliphatic carbocycles. The minimum Gasteiger partial charge on any atom is -0.481 e. The van der Waals surface area contributed by atoms with Gasteiger partial charge in [0.2, 0.25) is 0 Å². The van der Waals surface area contributed by atoms with Crippen LogP contribution in [0.1, 0.15) is 11.5 Å². The van der Waals surface area contributed by atoms with Crippen LogP contribution in [0.2, 0.25) is 5.02 Å². The summed E-state index contributed by atoms with van der Waals surface area (Å²) in [6.07, 6.45) is 3.19. The number of carbonyl (C=O) groups is 1. The Labute approximate surface area is 92.3 Å². The molecular weight excluding hydrogens is 216 g/mol. The van der Waals surface area contributed by atoms with Crippen molar-refractivity contribution in [3.63, 3.8) is 0 Å². The van der Waals surface area contributed by atoms with E-state index < -0.39 is 11.9 Å². The summed E-state index contributed by atoms with van der Waals surface area (Å²) in [5, 5.41) is 12.6. The van der Waals surface area contributed by atoms with E-state index in [-0.39, 0.29) is 5.92 Å². The molecule has 1 fully saturated rings. The van der Waals surface area contributed by atoms with E-state index in [2.05, 4.69) is 10.3 Å². The fourth-order valence-corrected chi connectivity index (χ4v) is 2.21. The molecule has 2 N–H and O–H groups in total. The van der Waals surface area contributed by atoms with Crippen LogP contribution in [0, 0.1) is 5.92 Å². The number of hydrogen-bond acceptors (Lipinski definition) is 3. The van der Waals surface area contributed by atoms with Gasteiger partial charge >= 0.3 is 5.97 Å². The Morgan fingerprint density at radius 3 is 3.07 bits per heavy atom. The Kier molecular flexibility index (Phi) is 2.88. The van der Waals surface area contributed by atoms with Crippen LogP contribution in [0.15, 0.2) is 18.5 Å². The number of aliphatic carboxylic acids is 1. The number of halogens is 1. The molecule has 1 aromatic heterocycles. The zero-order valence-corrected chi connectivity index (χ0v) is 8.74. The molecule has 0 spiro atoms. The van der Waals surface area contributed by atoms with Crippen molar-refractivity contribution in [3.8, 4) is 0 Å². The van der Waals surface area contributed by atoms with Gasteiger partial charge in [-0.1, -0.05) is 11.6 Å². The molecule has 80 valence electrons. The summed E-state index contributed by atoms with van der Waals surface area (Å²) in [5.41, 5.74) is 0.865. The molecule has 1 saturated heterocycles. The first-order valence-corrected chi connectivity index (χ1v) is 5.11. The van der Waals surface area contributed by atoms with Gasteiger partial charge in [-0.25, -0.2) is 0 Å². The average molecular weight is 227 g/mol. The monoisotopic (exact) mass is 226 g/mol. The predicted octanol–water partition coefficient (Wildman–Crippen LogP) is 1.12. The third-order valence-corrected chi connectivity index (χ3v) is 3.05. The van der Waals surface area contributed by atoms with E-state index in [0.29, 0.717) is 18.1 Å². The normalized spacial score (nSPS) is 25.4. The first kappa shape index (κ1) is 10.4. The maximum Gasteiger partial charge on any atom is 0.308 e. The Bertz CT molecular complexity index is 383. The Balaban J connectivity index is 2.30. The van der Waals surface area contributed by atoms with E-state index in [1.807, 2.05) is 0 Å². The van der Waals surface area contributed by atoms with Crippen molar-refractivity contribution in [1.29, 1.82) is 0 Å². The lowest BCUT2D eigenvalue weighted by atomic mass is 9.89. The first-order chi connectivity index (χ1) is 7.20. The van der Waals surface area contributed by atoms with E-state index in [0.717, 1.165) is 5.56 Å². The molecule has 2 heterocycles. The van der Waals surface area contributed by atoms with Crippen LogP contribution in [0.25, 0.3) is 0 Å². The summed E-state index contributed by atoms with van der Waals surface area (Å²) in [5.74, 6) is -1.24. The number of nitrogens with one attached hydrogen (secondary N) is 1. The second-order valence-corrected chi connectivity index (χ2v) is 4.01. The topological polar surface area (TPSA) is 62.2 Å². The lowest BCUT2D eigenvalue weighted by molar-refractivity contribution is -0.141. The number of rotatable bonds is 2. The van der Waals surface area contributed by atoms with Gasteiger partial charge < -0.3 is 10.4 Å². The van der Waals surface area contributed by atoms with Crippen molar-refractivity contribution in [2.24, 2.45) is 5.92 Å². The van der Waals surface area contributed by atoms with Crippen molar-refractivity contribution in [3.05, 3.63) is 29.0 Å². The van der Waals surface area contributed by atoms with E-state index >= 15 is 0 Å². The number of carboxylic acids is 1. The SMILES string of the molecule is O=C(O)C1CNCC1c1ccncc1Cl. The predicted molar refractivity (Wildman–Crippen MR) is 56.0 cm³/mol. The van der Waals surface area contributed by atoms with Crippen LogP contribution in [-0.4, -0.2) is 29.1 Å². The number of pyridine rings is 1. The van der Waals surface area contributed by atoms with Gasteiger partial charge in [0.15, 0.2) is 0 Å². The van der Waals surface area contributed by atoms with Crippen LogP contribution >= 0.6 is 11.6 Å². The molecule has 0 saturated carbocycles. The van der Waals surface area contributed by atoms with Crippen molar-refractivity contribution in [2.45, 2.75) is 5.92 Å². The third kappa shape index (κ3) is 1.96. The molecule has 2 unspecified atom stereocenters. The second kappa shape index (κ2) is 4.16. The van der Waals surface area contributed by atoms with Crippen molar-refractivity contribution < 1.29 is 9.90 Å². The number of nitrogens with zero attached hydrogens (tertiary/aromatic N) is 1. The standard InChI is InChI=1S/C10H11ClN2O2/c11-9-5-12-2-1-6(9)7-3-13-4-8(7)10(14)15/h1-2,5,7-8,13H,3-4H2,(H,14,15). The molecular formula is C10H11ClN2O2. The summed E-state index contributed by atoms with van der Waals surface area (Å²) in [6, 6.07) is 1.79. The van der Waals surface area contributed by atoms with Crippen LogP contribution in [-0.2, 0) is 4.79 Å². The molecule has 2 rings (SSSR count). The minimum absolute atomic E-state index is 0.0574. The van der Waals surface area contributed by atoms with Crippen LogP contribution < -0.4 is 5.32 Å². The van der Waals surface area contributed by atoms with Crippen molar-refractivity contribution in [2.75, 3.05) is 13.1 Å². The molecule has 0 aromatic carbocycles. The lowest BCUT2D eigenvalue weighted by Gasteiger charge is -2.15. The van der Waals surface area contributed by atoms with Crippen molar-refractivity contribution in [1.82, 2.24) is 10.3 Å². The highest BCUT2D eigenvalue weighted by atomic mass is 35.5. The van der Waals surface area contributed by atoms with Gasteiger partial charge in [-0.2, -0.15) is 0 Å². The fraction of sp³-hybridized carbons (Fsp3) is 0.400. The van der Waals surface area contributed by atoms with Gasteiger partial charge in [0.05, 0.1) is 10.9 Å². The molecule has 1 aliphatic rings. The zero-order chi connectivity index (χ0) is 10.8. The summed E-state index contributed by atoms with van der Waals surface area (Å²) >= 11 is 5.99. The molecule has 1 aromatic rings. The summed E-state index contributed by atoms with van der Waals surface area (Å²) in [6.45, 7) is 1.15. The maximum atomic E-state index is 11.0. The van der Waals surface area contributed by atoms with Gasteiger partial charge in [-0.15, -0.1) is 0 Å². The quantitative estimate of drug-likeness (QED) is 0.794. The number of hydrogen-bond donors (Lipinski definition) is 2. The van der Waals surface area contributed by atoms with E-state index in [1.54, 1.807) is 18.5 Å². The van der Waals surface area contributed by atoms with Gasteiger partial charge in [-0.3, -0.25) is 9.78 Å². The Morgan fingerprint density at radius 1 is 1.60 bits per heavy atom. The molecule has 15 heavy (non-hydrogen) atoms. The van der Waals surface area contributed by atoms with Gasteiger partial charge in [-0.05, 0) is 11.6 Å². The third-order valence-electron chi connectivity index (χ3n) is 2.73. The largest absolute Gasteiger partial charge is 0.481 e. The number of carboxylic acid groups (broad SMARTS) is 1. The summed E-state index contributed by atoms with van der Waals surface area (Å²) < 4.78 is 0. The molecule has 5 heteroatoms. The highest BCUT2D eigenvalue weighted by molar-refractivity contribution is 6.31. The highest BCUT2D eigenvalue weighted by Gasteiger charge is 2.34.